The molecule has 2 heterocycles. The van der Waals surface area contributed by atoms with Gasteiger partial charge < -0.3 is 10.2 Å². The summed E-state index contributed by atoms with van der Waals surface area (Å²) >= 11 is 0. The fourth-order valence-corrected chi connectivity index (χ4v) is 4.03. The number of anilines is 2. The Morgan fingerprint density at radius 2 is 2.40 bits per heavy atom. The first kappa shape index (κ1) is 14.7. The van der Waals surface area contributed by atoms with Crippen molar-refractivity contribution in [2.75, 3.05) is 34.8 Å². The number of hydrogen-bond donors (Lipinski definition) is 1. The van der Waals surface area contributed by atoms with Gasteiger partial charge in [0.1, 0.15) is 0 Å². The Hall–Kier alpha value is -1.70. The van der Waals surface area contributed by atoms with Crippen molar-refractivity contribution in [3.05, 3.63) is 18.9 Å². The first-order valence-electron chi connectivity index (χ1n) is 6.57. The van der Waals surface area contributed by atoms with Crippen LogP contribution in [-0.4, -0.2) is 54.2 Å². The highest BCUT2D eigenvalue weighted by Crippen LogP contribution is 2.22. The summed E-state index contributed by atoms with van der Waals surface area (Å²) < 4.78 is 23.2. The molecule has 7 nitrogen and oxygen atoms in total. The van der Waals surface area contributed by atoms with Crippen molar-refractivity contribution < 1.29 is 8.42 Å². The lowest BCUT2D eigenvalue weighted by Gasteiger charge is -2.27. The Morgan fingerprint density at radius 3 is 3.00 bits per heavy atom. The maximum Gasteiger partial charge on any atom is 0.244 e. The molecule has 0 bridgehead atoms. The molecule has 1 saturated heterocycles. The Balaban J connectivity index is 2.17. The molecule has 0 spiro atoms. The van der Waals surface area contributed by atoms with Crippen LogP contribution >= 0.6 is 0 Å². The molecule has 1 fully saturated rings. The average molecular weight is 297 g/mol. The second kappa shape index (κ2) is 6.17. The molecular formula is C12H19N5O2S. The summed E-state index contributed by atoms with van der Waals surface area (Å²) in [5, 5.41) is 10.8. The van der Waals surface area contributed by atoms with Crippen LogP contribution in [0.5, 0.6) is 0 Å². The van der Waals surface area contributed by atoms with Crippen molar-refractivity contribution in [1.29, 1.82) is 0 Å². The molecule has 1 aromatic heterocycles. The highest BCUT2D eigenvalue weighted by Gasteiger charge is 2.32. The van der Waals surface area contributed by atoms with Crippen LogP contribution in [0.25, 0.3) is 0 Å². The van der Waals surface area contributed by atoms with Gasteiger partial charge in [0.2, 0.25) is 5.95 Å². The average Bonchev–Trinajstić information content (AvgIpc) is 2.78. The van der Waals surface area contributed by atoms with Crippen LogP contribution in [-0.2, 0) is 9.84 Å². The summed E-state index contributed by atoms with van der Waals surface area (Å²) in [7, 11) is -2.92. The summed E-state index contributed by atoms with van der Waals surface area (Å²) in [6, 6.07) is -0.0334. The summed E-state index contributed by atoms with van der Waals surface area (Å²) in [4.78, 5) is 6.34. The van der Waals surface area contributed by atoms with E-state index in [1.165, 1.54) is 0 Å². The molecule has 1 unspecified atom stereocenters. The molecule has 0 saturated carbocycles. The summed E-state index contributed by atoms with van der Waals surface area (Å²) in [5.41, 5.74) is 0. The van der Waals surface area contributed by atoms with Gasteiger partial charge in [0.05, 0.1) is 17.7 Å². The monoisotopic (exact) mass is 297 g/mol. The molecule has 1 aliphatic heterocycles. The van der Waals surface area contributed by atoms with Crippen molar-refractivity contribution >= 4 is 21.6 Å². The maximum atomic E-state index is 11.6. The second-order valence-electron chi connectivity index (χ2n) is 4.65. The zero-order valence-corrected chi connectivity index (χ0v) is 12.3. The van der Waals surface area contributed by atoms with Gasteiger partial charge in [-0.25, -0.2) is 8.42 Å². The fraction of sp³-hybridized carbons (Fsp3) is 0.583. The van der Waals surface area contributed by atoms with E-state index < -0.39 is 9.84 Å². The fourth-order valence-electron chi connectivity index (χ4n) is 2.30. The van der Waals surface area contributed by atoms with E-state index in [4.69, 9.17) is 0 Å². The minimum absolute atomic E-state index is 0.0334. The Kier molecular flexibility index (Phi) is 4.53. The van der Waals surface area contributed by atoms with Gasteiger partial charge in [0, 0.05) is 19.1 Å². The van der Waals surface area contributed by atoms with E-state index in [0.29, 0.717) is 31.3 Å². The van der Waals surface area contributed by atoms with Crippen LogP contribution in [0.4, 0.5) is 11.8 Å². The highest BCUT2D eigenvalue weighted by atomic mass is 32.2. The lowest BCUT2D eigenvalue weighted by atomic mass is 10.2. The van der Waals surface area contributed by atoms with Crippen LogP contribution in [0.2, 0.25) is 0 Å². The number of aromatic nitrogens is 3. The van der Waals surface area contributed by atoms with Crippen LogP contribution in [0.3, 0.4) is 0 Å². The molecule has 1 atom stereocenters. The number of rotatable bonds is 6. The standard InChI is InChI=1S/C12H19N5O2S/c1-3-6-13-12-15-11(8-14-16-12)17(4-2)10-5-7-20(18,19)9-10/h3,8,10H,1,4-7,9H2,2H3,(H,13,15,16). The van der Waals surface area contributed by atoms with Gasteiger partial charge in [-0.15, -0.1) is 11.7 Å². The SMILES string of the molecule is C=CCNc1nncc(N(CC)C2CCS(=O)(=O)C2)n1. The van der Waals surface area contributed by atoms with Crippen LogP contribution in [0.15, 0.2) is 18.9 Å². The molecule has 2 rings (SSSR count). The molecule has 110 valence electrons. The highest BCUT2D eigenvalue weighted by molar-refractivity contribution is 7.91. The Morgan fingerprint density at radius 1 is 1.60 bits per heavy atom. The number of hydrogen-bond acceptors (Lipinski definition) is 7. The van der Waals surface area contributed by atoms with E-state index in [2.05, 4.69) is 27.1 Å². The quantitative estimate of drug-likeness (QED) is 0.764. The van der Waals surface area contributed by atoms with Gasteiger partial charge in [0.15, 0.2) is 15.7 Å². The molecule has 1 aromatic rings. The van der Waals surface area contributed by atoms with Crippen molar-refractivity contribution in [1.82, 2.24) is 15.2 Å². The molecule has 8 heteroatoms. The largest absolute Gasteiger partial charge is 0.351 e. The minimum Gasteiger partial charge on any atom is -0.351 e. The van der Waals surface area contributed by atoms with Crippen LogP contribution < -0.4 is 10.2 Å². The van der Waals surface area contributed by atoms with Crippen LogP contribution in [0, 0.1) is 0 Å². The summed E-state index contributed by atoms with van der Waals surface area (Å²) in [6.45, 7) is 6.82. The summed E-state index contributed by atoms with van der Waals surface area (Å²) in [5.74, 6) is 1.49. The smallest absolute Gasteiger partial charge is 0.244 e. The zero-order valence-electron chi connectivity index (χ0n) is 11.5. The maximum absolute atomic E-state index is 11.6. The molecule has 1 aliphatic rings. The molecule has 0 amide bonds. The second-order valence-corrected chi connectivity index (χ2v) is 6.88. The van der Waals surface area contributed by atoms with Gasteiger partial charge in [-0.3, -0.25) is 0 Å². The summed E-state index contributed by atoms with van der Waals surface area (Å²) in [6.07, 6.45) is 3.90. The predicted molar refractivity (Wildman–Crippen MR) is 78.6 cm³/mol. The number of nitrogens with one attached hydrogen (secondary N) is 1. The van der Waals surface area contributed by atoms with E-state index in [1.54, 1.807) is 12.3 Å². The van der Waals surface area contributed by atoms with E-state index in [-0.39, 0.29) is 17.5 Å². The van der Waals surface area contributed by atoms with Gasteiger partial charge >= 0.3 is 0 Å². The predicted octanol–water partition coefficient (Wildman–Crippen LogP) is 0.483. The molecule has 20 heavy (non-hydrogen) atoms. The van der Waals surface area contributed by atoms with Gasteiger partial charge in [-0.05, 0) is 13.3 Å². The number of sulfone groups is 1. The Labute approximate surface area is 119 Å². The third-order valence-corrected chi connectivity index (χ3v) is 4.99. The molecule has 0 aromatic carbocycles. The lowest BCUT2D eigenvalue weighted by Crippen LogP contribution is -2.37. The van der Waals surface area contributed by atoms with Crippen molar-refractivity contribution in [2.24, 2.45) is 0 Å². The Bertz CT molecular complexity index is 575. The van der Waals surface area contributed by atoms with Crippen molar-refractivity contribution in [3.63, 3.8) is 0 Å². The van der Waals surface area contributed by atoms with Gasteiger partial charge in [-0.2, -0.15) is 10.1 Å². The molecular weight excluding hydrogens is 278 g/mol. The van der Waals surface area contributed by atoms with E-state index in [1.807, 2.05) is 11.8 Å². The van der Waals surface area contributed by atoms with E-state index in [0.717, 1.165) is 0 Å². The molecule has 0 aliphatic carbocycles. The van der Waals surface area contributed by atoms with Gasteiger partial charge in [-0.1, -0.05) is 6.08 Å². The van der Waals surface area contributed by atoms with E-state index in [9.17, 15) is 8.42 Å². The molecule has 1 N–H and O–H groups in total. The topological polar surface area (TPSA) is 88.1 Å². The molecule has 0 radical (unpaired) electrons. The lowest BCUT2D eigenvalue weighted by molar-refractivity contribution is 0.599. The van der Waals surface area contributed by atoms with Gasteiger partial charge in [0.25, 0.3) is 0 Å². The van der Waals surface area contributed by atoms with Crippen molar-refractivity contribution in [2.45, 2.75) is 19.4 Å². The first-order chi connectivity index (χ1) is 9.55. The number of nitrogens with zero attached hydrogens (tertiary/aromatic N) is 4. The minimum atomic E-state index is -2.92. The van der Waals surface area contributed by atoms with Crippen LogP contribution in [0.1, 0.15) is 13.3 Å². The first-order valence-corrected chi connectivity index (χ1v) is 8.39. The normalized spacial score (nSPS) is 20.6. The third-order valence-electron chi connectivity index (χ3n) is 3.23. The van der Waals surface area contributed by atoms with Crippen molar-refractivity contribution in [3.8, 4) is 0 Å². The van der Waals surface area contributed by atoms with E-state index >= 15 is 0 Å². The zero-order chi connectivity index (χ0) is 14.6. The third kappa shape index (κ3) is 3.44.